The van der Waals surface area contributed by atoms with E-state index in [4.69, 9.17) is 0 Å². The molecule has 2 aromatic heterocycles. The third-order valence-corrected chi connectivity index (χ3v) is 8.16. The summed E-state index contributed by atoms with van der Waals surface area (Å²) in [6, 6.07) is 17.8. The van der Waals surface area contributed by atoms with Crippen LogP contribution >= 0.6 is 11.3 Å². The molecule has 1 saturated heterocycles. The third-order valence-electron chi connectivity index (χ3n) is 7.14. The molecule has 3 heterocycles. The summed E-state index contributed by atoms with van der Waals surface area (Å²) in [6.07, 6.45) is 2.77. The van der Waals surface area contributed by atoms with Crippen LogP contribution in [0.2, 0.25) is 0 Å². The van der Waals surface area contributed by atoms with Crippen LogP contribution in [-0.2, 0) is 0 Å². The molecule has 1 saturated carbocycles. The van der Waals surface area contributed by atoms with Gasteiger partial charge in [0.1, 0.15) is 11.4 Å². The summed E-state index contributed by atoms with van der Waals surface area (Å²) in [6.45, 7) is 5.13. The van der Waals surface area contributed by atoms with E-state index < -0.39 is 0 Å². The SMILES string of the molecule is Cc1cccc(-c2sc(C)nc2C(=O)N2C[C@H]3C[C@H]3[C@H]2CNC(=O)c2nccc3ccccc23)c1. The molecule has 1 N–H and O–H groups in total. The minimum absolute atomic E-state index is 0.0289. The number of carbonyl (C=O) groups excluding carboxylic acids is 2. The molecular weight excluding hydrogens is 456 g/mol. The molecule has 1 aliphatic carbocycles. The van der Waals surface area contributed by atoms with E-state index in [2.05, 4.69) is 34.3 Å². The number of nitrogens with zero attached hydrogens (tertiary/aromatic N) is 3. The number of hydrogen-bond acceptors (Lipinski definition) is 5. The van der Waals surface area contributed by atoms with Gasteiger partial charge in [-0.15, -0.1) is 11.3 Å². The van der Waals surface area contributed by atoms with Crippen molar-refractivity contribution in [2.45, 2.75) is 26.3 Å². The van der Waals surface area contributed by atoms with E-state index in [0.29, 0.717) is 29.8 Å². The summed E-state index contributed by atoms with van der Waals surface area (Å²) in [5.74, 6) is 0.699. The lowest BCUT2D eigenvalue weighted by Crippen LogP contribution is -2.46. The first-order valence-corrected chi connectivity index (χ1v) is 12.8. The first kappa shape index (κ1) is 21.9. The molecule has 4 aromatic rings. The van der Waals surface area contributed by atoms with Gasteiger partial charge in [0.15, 0.2) is 0 Å². The van der Waals surface area contributed by atoms with Crippen molar-refractivity contribution in [3.05, 3.63) is 82.8 Å². The van der Waals surface area contributed by atoms with Crippen LogP contribution in [0, 0.1) is 25.7 Å². The number of amides is 2. The molecule has 7 heteroatoms. The van der Waals surface area contributed by atoms with Gasteiger partial charge < -0.3 is 10.2 Å². The molecule has 1 aliphatic heterocycles. The Morgan fingerprint density at radius 2 is 1.94 bits per heavy atom. The van der Waals surface area contributed by atoms with E-state index in [-0.39, 0.29) is 17.9 Å². The fraction of sp³-hybridized carbons (Fsp3) is 0.286. The van der Waals surface area contributed by atoms with Crippen LogP contribution in [0.1, 0.15) is 38.0 Å². The predicted molar refractivity (Wildman–Crippen MR) is 138 cm³/mol. The fourth-order valence-corrected chi connectivity index (χ4v) is 6.24. The molecule has 2 aromatic carbocycles. The largest absolute Gasteiger partial charge is 0.349 e. The molecule has 176 valence electrons. The highest BCUT2D eigenvalue weighted by molar-refractivity contribution is 7.15. The Kier molecular flexibility index (Phi) is 5.37. The second-order valence-electron chi connectivity index (χ2n) is 9.56. The van der Waals surface area contributed by atoms with Gasteiger partial charge in [-0.2, -0.15) is 0 Å². The Morgan fingerprint density at radius 3 is 2.80 bits per heavy atom. The molecule has 0 unspecified atom stereocenters. The zero-order valence-corrected chi connectivity index (χ0v) is 20.5. The molecule has 0 spiro atoms. The number of piperidine rings is 1. The molecule has 2 fully saturated rings. The van der Waals surface area contributed by atoms with Gasteiger partial charge >= 0.3 is 0 Å². The third kappa shape index (κ3) is 4.00. The highest BCUT2D eigenvalue weighted by atomic mass is 32.1. The molecule has 6 nitrogen and oxygen atoms in total. The standard InChI is InChI=1S/C28H26N4O2S/c1-16-6-5-8-19(12-16)26-25(31-17(2)35-26)28(34)32-15-20-13-22(20)23(32)14-30-27(33)24-21-9-4-3-7-18(21)10-11-29-24/h3-12,20,22-23H,13-15H2,1-2H3,(H,30,33)/t20-,22-,23-/m1/s1. The Balaban J connectivity index is 1.23. The van der Waals surface area contributed by atoms with Crippen LogP contribution in [0.4, 0.5) is 0 Å². The van der Waals surface area contributed by atoms with Gasteiger partial charge in [-0.1, -0.05) is 54.1 Å². The van der Waals surface area contributed by atoms with Gasteiger partial charge in [-0.25, -0.2) is 4.98 Å². The van der Waals surface area contributed by atoms with Gasteiger partial charge in [0, 0.05) is 24.7 Å². The zero-order chi connectivity index (χ0) is 24.1. The van der Waals surface area contributed by atoms with E-state index in [0.717, 1.165) is 44.7 Å². The van der Waals surface area contributed by atoms with Crippen molar-refractivity contribution in [1.29, 1.82) is 0 Å². The first-order chi connectivity index (χ1) is 17.0. The van der Waals surface area contributed by atoms with Crippen molar-refractivity contribution < 1.29 is 9.59 Å². The van der Waals surface area contributed by atoms with Crippen molar-refractivity contribution in [1.82, 2.24) is 20.2 Å². The summed E-state index contributed by atoms with van der Waals surface area (Å²) in [5, 5.41) is 5.76. The monoisotopic (exact) mass is 482 g/mol. The lowest BCUT2D eigenvalue weighted by molar-refractivity contribution is 0.0690. The highest BCUT2D eigenvalue weighted by Crippen LogP contribution is 2.50. The number of fused-ring (bicyclic) bond motifs is 2. The van der Waals surface area contributed by atoms with E-state index in [1.807, 2.05) is 54.3 Å². The predicted octanol–water partition coefficient (Wildman–Crippen LogP) is 4.87. The van der Waals surface area contributed by atoms with Crippen LogP contribution < -0.4 is 5.32 Å². The summed E-state index contributed by atoms with van der Waals surface area (Å²) in [5.41, 5.74) is 3.11. The van der Waals surface area contributed by atoms with E-state index in [1.165, 1.54) is 0 Å². The zero-order valence-electron chi connectivity index (χ0n) is 19.7. The van der Waals surface area contributed by atoms with E-state index in [9.17, 15) is 9.59 Å². The molecule has 2 aliphatic rings. The minimum atomic E-state index is -0.205. The van der Waals surface area contributed by atoms with Crippen LogP contribution in [0.15, 0.2) is 60.8 Å². The molecule has 35 heavy (non-hydrogen) atoms. The molecule has 2 amide bonds. The maximum atomic E-state index is 13.8. The number of benzene rings is 2. The summed E-state index contributed by atoms with van der Waals surface area (Å²) >= 11 is 1.56. The maximum Gasteiger partial charge on any atom is 0.274 e. The topological polar surface area (TPSA) is 75.2 Å². The smallest absolute Gasteiger partial charge is 0.274 e. The van der Waals surface area contributed by atoms with Crippen molar-refractivity contribution in [2.75, 3.05) is 13.1 Å². The summed E-state index contributed by atoms with van der Waals surface area (Å²) < 4.78 is 0. The number of aromatic nitrogens is 2. The van der Waals surface area contributed by atoms with Crippen LogP contribution in [0.25, 0.3) is 21.2 Å². The van der Waals surface area contributed by atoms with Crippen molar-refractivity contribution in [3.8, 4) is 10.4 Å². The quantitative estimate of drug-likeness (QED) is 0.441. The van der Waals surface area contributed by atoms with Crippen molar-refractivity contribution >= 4 is 33.9 Å². The number of carbonyl (C=O) groups is 2. The van der Waals surface area contributed by atoms with E-state index in [1.54, 1.807) is 17.5 Å². The second-order valence-corrected chi connectivity index (χ2v) is 10.8. The normalized spacial score (nSPS) is 20.6. The molecule has 0 radical (unpaired) electrons. The minimum Gasteiger partial charge on any atom is -0.349 e. The van der Waals surface area contributed by atoms with Gasteiger partial charge in [-0.3, -0.25) is 14.6 Å². The summed E-state index contributed by atoms with van der Waals surface area (Å²) in [4.78, 5) is 38.6. The maximum absolute atomic E-state index is 13.8. The Hall–Kier alpha value is -3.58. The Morgan fingerprint density at radius 1 is 1.09 bits per heavy atom. The summed E-state index contributed by atoms with van der Waals surface area (Å²) in [7, 11) is 0. The van der Waals surface area contributed by atoms with Crippen LogP contribution in [-0.4, -0.2) is 45.8 Å². The van der Waals surface area contributed by atoms with Gasteiger partial charge in [0.25, 0.3) is 11.8 Å². The average Bonchev–Trinajstić information content (AvgIpc) is 3.38. The first-order valence-electron chi connectivity index (χ1n) is 12.0. The van der Waals surface area contributed by atoms with Crippen LogP contribution in [0.5, 0.6) is 0 Å². The van der Waals surface area contributed by atoms with Gasteiger partial charge in [-0.05, 0) is 49.1 Å². The molecule has 0 bridgehead atoms. The molecular formula is C28H26N4O2S. The highest BCUT2D eigenvalue weighted by Gasteiger charge is 2.54. The number of thiazole rings is 1. The van der Waals surface area contributed by atoms with Gasteiger partial charge in [0.2, 0.25) is 0 Å². The van der Waals surface area contributed by atoms with Crippen LogP contribution in [0.3, 0.4) is 0 Å². The number of hydrogen-bond donors (Lipinski definition) is 1. The number of nitrogens with one attached hydrogen (secondary N) is 1. The van der Waals surface area contributed by atoms with Gasteiger partial charge in [0.05, 0.1) is 15.9 Å². The number of rotatable bonds is 5. The lowest BCUT2D eigenvalue weighted by atomic mass is 10.1. The van der Waals surface area contributed by atoms with Crippen molar-refractivity contribution in [3.63, 3.8) is 0 Å². The second kappa shape index (κ2) is 8.57. The lowest BCUT2D eigenvalue weighted by Gasteiger charge is -2.27. The fourth-order valence-electron chi connectivity index (χ4n) is 5.34. The molecule has 3 atom stereocenters. The number of likely N-dealkylation sites (tertiary alicyclic amines) is 1. The Labute approximate surface area is 208 Å². The number of aryl methyl sites for hydroxylation is 2. The Bertz CT molecular complexity index is 1460. The van der Waals surface area contributed by atoms with E-state index >= 15 is 0 Å². The number of pyridine rings is 1. The average molecular weight is 483 g/mol. The molecule has 6 rings (SSSR count). The van der Waals surface area contributed by atoms with Crippen molar-refractivity contribution in [2.24, 2.45) is 11.8 Å².